The number of carbonyl (C=O) groups excluding carboxylic acids is 3. The van der Waals surface area contributed by atoms with E-state index in [2.05, 4.69) is 15.4 Å². The Morgan fingerprint density at radius 1 is 0.914 bits per heavy atom. The number of esters is 2. The van der Waals surface area contributed by atoms with Crippen LogP contribution in [0.1, 0.15) is 38.2 Å². The molecule has 2 rings (SSSR count). The van der Waals surface area contributed by atoms with Crippen LogP contribution in [0, 0.1) is 0 Å². The Balaban J connectivity index is 1.82. The zero-order chi connectivity index (χ0) is 25.6. The summed E-state index contributed by atoms with van der Waals surface area (Å²) in [5, 5.41) is 15.8. The van der Waals surface area contributed by atoms with Gasteiger partial charge in [0.05, 0.1) is 20.1 Å². The van der Waals surface area contributed by atoms with Gasteiger partial charge in [0.2, 0.25) is 5.91 Å². The summed E-state index contributed by atoms with van der Waals surface area (Å²) in [5.41, 5.74) is 3.10. The lowest BCUT2D eigenvalue weighted by Gasteiger charge is -2.22. The highest BCUT2D eigenvalue weighted by Gasteiger charge is 2.20. The molecule has 0 aliphatic carbocycles. The van der Waals surface area contributed by atoms with Crippen molar-refractivity contribution in [1.29, 1.82) is 0 Å². The number of rotatable bonds is 14. The monoisotopic (exact) mass is 484 g/mol. The van der Waals surface area contributed by atoms with Crippen LogP contribution in [0.4, 0.5) is 0 Å². The molecular weight excluding hydrogens is 448 g/mol. The summed E-state index contributed by atoms with van der Waals surface area (Å²) in [4.78, 5) is 35.4. The highest BCUT2D eigenvalue weighted by Crippen LogP contribution is 2.19. The number of carbonyl (C=O) groups is 3. The Labute approximate surface area is 207 Å². The van der Waals surface area contributed by atoms with Crippen LogP contribution in [0.25, 0.3) is 11.1 Å². The van der Waals surface area contributed by atoms with Crippen molar-refractivity contribution in [2.24, 2.45) is 0 Å². The van der Waals surface area contributed by atoms with Crippen LogP contribution in [0.15, 0.2) is 54.6 Å². The van der Waals surface area contributed by atoms with E-state index in [1.54, 1.807) is 7.05 Å². The highest BCUT2D eigenvalue weighted by atomic mass is 16.5. The lowest BCUT2D eigenvalue weighted by Crippen LogP contribution is -2.37. The minimum Gasteiger partial charge on any atom is -0.467 e. The fraction of sp³-hybridized carbons (Fsp3) is 0.444. The third-order valence-electron chi connectivity index (χ3n) is 5.79. The minimum absolute atomic E-state index is 0.00574. The molecule has 0 aromatic heterocycles. The van der Waals surface area contributed by atoms with Crippen molar-refractivity contribution in [3.63, 3.8) is 0 Å². The van der Waals surface area contributed by atoms with Gasteiger partial charge in [0.1, 0.15) is 6.10 Å². The Morgan fingerprint density at radius 2 is 1.54 bits per heavy atom. The van der Waals surface area contributed by atoms with Gasteiger partial charge in [-0.1, -0.05) is 54.6 Å². The quantitative estimate of drug-likeness (QED) is 0.353. The number of aliphatic hydroxyl groups excluding tert-OH is 1. The van der Waals surface area contributed by atoms with Crippen molar-refractivity contribution in [2.45, 2.75) is 57.3 Å². The minimum atomic E-state index is -1.17. The summed E-state index contributed by atoms with van der Waals surface area (Å²) < 4.78 is 9.92. The second-order valence-corrected chi connectivity index (χ2v) is 8.45. The van der Waals surface area contributed by atoms with Gasteiger partial charge < -0.3 is 25.2 Å². The Kier molecular flexibility index (Phi) is 11.9. The Hall–Kier alpha value is -3.23. The van der Waals surface area contributed by atoms with Crippen molar-refractivity contribution in [2.75, 3.05) is 20.7 Å². The molecule has 0 heterocycles. The highest BCUT2D eigenvalue weighted by molar-refractivity contribution is 5.79. The van der Waals surface area contributed by atoms with Crippen LogP contribution in [0.2, 0.25) is 0 Å². The molecule has 1 amide bonds. The third kappa shape index (κ3) is 10.3. The average Bonchev–Trinajstić information content (AvgIpc) is 2.87. The van der Waals surface area contributed by atoms with E-state index in [0.29, 0.717) is 19.3 Å². The maximum atomic E-state index is 12.5. The van der Waals surface area contributed by atoms with E-state index in [1.807, 2.05) is 54.6 Å². The maximum absolute atomic E-state index is 12.5. The molecule has 0 aliphatic heterocycles. The number of methoxy groups -OCH3 is 1. The molecule has 0 radical (unpaired) electrons. The van der Waals surface area contributed by atoms with Crippen molar-refractivity contribution < 1.29 is 29.0 Å². The second kappa shape index (κ2) is 14.9. The summed E-state index contributed by atoms with van der Waals surface area (Å²) in [6.07, 6.45) is 0.553. The predicted octanol–water partition coefficient (Wildman–Crippen LogP) is 2.63. The number of nitrogens with one attached hydrogen (secondary N) is 2. The van der Waals surface area contributed by atoms with Crippen LogP contribution in [0.5, 0.6) is 0 Å². The molecule has 3 N–H and O–H groups in total. The Morgan fingerprint density at radius 3 is 2.14 bits per heavy atom. The van der Waals surface area contributed by atoms with E-state index >= 15 is 0 Å². The summed E-state index contributed by atoms with van der Waals surface area (Å²) in [6.45, 7) is 1.55. The van der Waals surface area contributed by atoms with Crippen molar-refractivity contribution in [3.8, 4) is 11.1 Å². The second-order valence-electron chi connectivity index (χ2n) is 8.45. The lowest BCUT2D eigenvalue weighted by molar-refractivity contribution is -0.151. The van der Waals surface area contributed by atoms with Crippen LogP contribution in [-0.2, 0) is 30.3 Å². The molecule has 8 nitrogen and oxygen atoms in total. The van der Waals surface area contributed by atoms with Crippen LogP contribution in [0.3, 0.4) is 0 Å². The average molecular weight is 485 g/mol. The van der Waals surface area contributed by atoms with Gasteiger partial charge in [0.25, 0.3) is 0 Å². The molecule has 0 fully saturated rings. The van der Waals surface area contributed by atoms with E-state index in [0.717, 1.165) is 16.7 Å². The summed E-state index contributed by atoms with van der Waals surface area (Å²) in [6, 6.07) is 17.9. The van der Waals surface area contributed by atoms with E-state index in [4.69, 9.17) is 4.74 Å². The van der Waals surface area contributed by atoms with Crippen LogP contribution < -0.4 is 10.6 Å². The standard InChI is InChI=1S/C27H36N2O6/c1-19(30)35-24(15-13-23(28-2)14-16-25(31)27(33)34-3)18-29-26(32)17-20-9-11-22(12-10-20)21-7-5-4-6-8-21/h4-12,23-25,28,31H,13-18H2,1-3H3,(H,29,32). The van der Waals surface area contributed by atoms with Gasteiger partial charge >= 0.3 is 11.9 Å². The number of ether oxygens (including phenoxy) is 2. The first-order valence-electron chi connectivity index (χ1n) is 11.8. The third-order valence-corrected chi connectivity index (χ3v) is 5.79. The number of hydrogen-bond acceptors (Lipinski definition) is 7. The first-order valence-corrected chi connectivity index (χ1v) is 11.8. The van der Waals surface area contributed by atoms with Gasteiger partial charge in [-0.15, -0.1) is 0 Å². The lowest BCUT2D eigenvalue weighted by atomic mass is 10.0. The predicted molar refractivity (Wildman–Crippen MR) is 133 cm³/mol. The van der Waals surface area contributed by atoms with E-state index in [9.17, 15) is 19.5 Å². The summed E-state index contributed by atoms with van der Waals surface area (Å²) >= 11 is 0. The van der Waals surface area contributed by atoms with Crippen molar-refractivity contribution in [3.05, 3.63) is 60.2 Å². The molecule has 2 aromatic carbocycles. The number of benzene rings is 2. The van der Waals surface area contributed by atoms with Gasteiger partial charge in [-0.05, 0) is 49.4 Å². The van der Waals surface area contributed by atoms with Gasteiger partial charge in [-0.25, -0.2) is 4.79 Å². The van der Waals surface area contributed by atoms with E-state index in [-0.39, 0.29) is 31.3 Å². The zero-order valence-corrected chi connectivity index (χ0v) is 20.7. The molecule has 190 valence electrons. The van der Waals surface area contributed by atoms with Crippen molar-refractivity contribution >= 4 is 17.8 Å². The molecule has 3 atom stereocenters. The summed E-state index contributed by atoms with van der Waals surface area (Å²) in [5.74, 6) is -1.22. The molecule has 35 heavy (non-hydrogen) atoms. The normalized spacial score (nSPS) is 13.4. The molecule has 2 aromatic rings. The van der Waals surface area contributed by atoms with Gasteiger partial charge in [-0.2, -0.15) is 0 Å². The molecular formula is C27H36N2O6. The SMILES string of the molecule is CNC(CCC(CNC(=O)Cc1ccc(-c2ccccc2)cc1)OC(C)=O)CCC(O)C(=O)OC. The number of hydrogen-bond donors (Lipinski definition) is 3. The molecule has 0 bridgehead atoms. The maximum Gasteiger partial charge on any atom is 0.334 e. The fourth-order valence-electron chi connectivity index (χ4n) is 3.79. The molecule has 0 saturated carbocycles. The van der Waals surface area contributed by atoms with Gasteiger partial charge in [0.15, 0.2) is 6.10 Å². The first-order chi connectivity index (χ1) is 16.8. The molecule has 0 spiro atoms. The van der Waals surface area contributed by atoms with Crippen molar-refractivity contribution in [1.82, 2.24) is 10.6 Å². The van der Waals surface area contributed by atoms with Crippen LogP contribution >= 0.6 is 0 Å². The smallest absolute Gasteiger partial charge is 0.334 e. The van der Waals surface area contributed by atoms with Gasteiger partial charge in [-0.3, -0.25) is 9.59 Å². The first kappa shape index (κ1) is 28.0. The van der Waals surface area contributed by atoms with E-state index < -0.39 is 24.1 Å². The summed E-state index contributed by atoms with van der Waals surface area (Å²) in [7, 11) is 3.03. The number of aliphatic hydroxyl groups is 1. The zero-order valence-electron chi connectivity index (χ0n) is 20.7. The topological polar surface area (TPSA) is 114 Å². The molecule has 0 aliphatic rings. The molecule has 0 saturated heterocycles. The fourth-order valence-corrected chi connectivity index (χ4v) is 3.79. The molecule has 3 unspecified atom stereocenters. The largest absolute Gasteiger partial charge is 0.467 e. The van der Waals surface area contributed by atoms with Gasteiger partial charge in [0, 0.05) is 13.0 Å². The van der Waals surface area contributed by atoms with E-state index in [1.165, 1.54) is 14.0 Å². The van der Waals surface area contributed by atoms with Crippen LogP contribution in [-0.4, -0.2) is 61.9 Å². The number of amides is 1. The Bertz CT molecular complexity index is 932. The molecule has 8 heteroatoms.